The minimum atomic E-state index is -4.64. The summed E-state index contributed by atoms with van der Waals surface area (Å²) in [6, 6.07) is 5.86. The highest BCUT2D eigenvalue weighted by Crippen LogP contribution is 2.25. The molecule has 2 aliphatic heterocycles. The largest absolute Gasteiger partial charge is 0.760 e. The zero-order chi connectivity index (χ0) is 18.6. The number of morpholine rings is 1. The molecule has 2 aliphatic rings. The van der Waals surface area contributed by atoms with Gasteiger partial charge in [-0.2, -0.15) is 13.2 Å². The number of ether oxygens (including phenoxy) is 1. The van der Waals surface area contributed by atoms with E-state index in [0.29, 0.717) is 6.23 Å². The number of nitrogens with one attached hydrogen (secondary N) is 1. The van der Waals surface area contributed by atoms with Crippen molar-refractivity contribution in [2.45, 2.75) is 12.4 Å². The van der Waals surface area contributed by atoms with E-state index in [1.165, 1.54) is 31.3 Å². The number of alkyl halides is 3. The Morgan fingerprint density at radius 3 is 2.48 bits per heavy atom. The first-order chi connectivity index (χ1) is 11.7. The standard InChI is InChI=1S/C9H5F3N2O.C4H7NO.H3NO2S/c10-9(11,12)8-13-6-4-2-1-3-5(6)7(15)14-8;1-2-6-4-3-5(1)4;1-4(2)3/h1-4H,(H,13,14,15);4H,1-3H2;1H2,(H,2,3)/p-1. The summed E-state index contributed by atoms with van der Waals surface area (Å²) < 4.78 is 59.5. The Balaban J connectivity index is 0.000000183. The fourth-order valence-electron chi connectivity index (χ4n) is 2.07. The van der Waals surface area contributed by atoms with Gasteiger partial charge in [-0.05, 0) is 12.1 Å². The Labute approximate surface area is 142 Å². The summed E-state index contributed by atoms with van der Waals surface area (Å²) in [6.45, 7) is 3.33. The number of rotatable bonds is 0. The molecule has 0 bridgehead atoms. The molecule has 25 heavy (non-hydrogen) atoms. The van der Waals surface area contributed by atoms with E-state index in [2.05, 4.69) is 15.0 Å². The van der Waals surface area contributed by atoms with Gasteiger partial charge in [0.25, 0.3) is 5.56 Å². The van der Waals surface area contributed by atoms with Crippen molar-refractivity contribution in [3.05, 3.63) is 40.4 Å². The van der Waals surface area contributed by atoms with E-state index in [0.717, 1.165) is 6.61 Å². The normalized spacial score (nSPS) is 22.1. The molecule has 2 aromatic rings. The molecule has 0 spiro atoms. The van der Waals surface area contributed by atoms with Gasteiger partial charge >= 0.3 is 6.18 Å². The van der Waals surface area contributed by atoms with Crippen molar-refractivity contribution in [1.29, 1.82) is 0 Å². The zero-order valence-corrected chi connectivity index (χ0v) is 13.5. The van der Waals surface area contributed by atoms with E-state index < -0.39 is 28.8 Å². The number of hydrogen-bond acceptors (Lipinski definition) is 6. The van der Waals surface area contributed by atoms with E-state index in [4.69, 9.17) is 13.5 Å². The molecular formula is C13H14F3N4O4S-. The number of aromatic amines is 1. The molecule has 0 saturated carbocycles. The fraction of sp³-hybridized carbons (Fsp3) is 0.385. The van der Waals surface area contributed by atoms with Gasteiger partial charge in [0.05, 0.1) is 17.5 Å². The summed E-state index contributed by atoms with van der Waals surface area (Å²) in [5.74, 6) is -1.27. The Morgan fingerprint density at radius 1 is 1.40 bits per heavy atom. The topological polar surface area (TPSA) is 124 Å². The van der Waals surface area contributed by atoms with Crippen LogP contribution in [0.25, 0.3) is 10.9 Å². The summed E-state index contributed by atoms with van der Waals surface area (Å²) in [5.41, 5.74) is -0.749. The number of aromatic nitrogens is 2. The molecule has 2 fully saturated rings. The number of nitrogens with two attached hydrogens (primary N) is 1. The Morgan fingerprint density at radius 2 is 2.04 bits per heavy atom. The molecule has 3 atom stereocenters. The van der Waals surface area contributed by atoms with Gasteiger partial charge in [0.1, 0.15) is 6.23 Å². The average Bonchev–Trinajstić information content (AvgIpc) is 3.12. The lowest BCUT2D eigenvalue weighted by Gasteiger charge is -2.05. The number of fused-ring (bicyclic) bond motifs is 2. The summed E-state index contributed by atoms with van der Waals surface area (Å²) in [6.07, 6.45) is -4.09. The molecule has 0 aliphatic carbocycles. The van der Waals surface area contributed by atoms with Crippen LogP contribution in [-0.2, 0) is 22.2 Å². The van der Waals surface area contributed by atoms with Crippen molar-refractivity contribution in [2.75, 3.05) is 19.7 Å². The molecule has 2 saturated heterocycles. The van der Waals surface area contributed by atoms with Crippen molar-refractivity contribution in [2.24, 2.45) is 5.14 Å². The van der Waals surface area contributed by atoms with Crippen LogP contribution in [0.4, 0.5) is 13.2 Å². The Bertz CT molecular complexity index is 802. The van der Waals surface area contributed by atoms with E-state index in [-0.39, 0.29) is 10.9 Å². The van der Waals surface area contributed by atoms with Crippen LogP contribution in [0.2, 0.25) is 0 Å². The van der Waals surface area contributed by atoms with Crippen LogP contribution in [0.5, 0.6) is 0 Å². The number of halogens is 3. The molecule has 12 heteroatoms. The predicted molar refractivity (Wildman–Crippen MR) is 81.8 cm³/mol. The molecule has 3 N–H and O–H groups in total. The number of benzene rings is 1. The van der Waals surface area contributed by atoms with Crippen LogP contribution < -0.4 is 10.7 Å². The van der Waals surface area contributed by atoms with Gasteiger partial charge in [0, 0.05) is 24.4 Å². The zero-order valence-electron chi connectivity index (χ0n) is 12.7. The summed E-state index contributed by atoms with van der Waals surface area (Å²) in [5, 5.41) is 4.17. The van der Waals surface area contributed by atoms with Crippen LogP contribution in [0.1, 0.15) is 5.82 Å². The second-order valence-corrected chi connectivity index (χ2v) is 5.53. The smallest absolute Gasteiger partial charge is 0.449 e. The Hall–Kier alpha value is -1.86. The lowest BCUT2D eigenvalue weighted by Crippen LogP contribution is -2.18. The molecule has 0 amide bonds. The van der Waals surface area contributed by atoms with Crippen molar-refractivity contribution in [3.8, 4) is 0 Å². The average molecular weight is 379 g/mol. The minimum absolute atomic E-state index is 0.0357. The summed E-state index contributed by atoms with van der Waals surface area (Å²) >= 11 is -2.36. The number of H-pyrrole nitrogens is 1. The van der Waals surface area contributed by atoms with Gasteiger partial charge in [-0.15, -0.1) is 0 Å². The molecule has 1 aromatic carbocycles. The molecular weight excluding hydrogens is 365 g/mol. The maximum absolute atomic E-state index is 12.3. The molecule has 1 aromatic heterocycles. The van der Waals surface area contributed by atoms with E-state index in [1.807, 2.05) is 0 Å². The van der Waals surface area contributed by atoms with Crippen LogP contribution in [0.3, 0.4) is 0 Å². The predicted octanol–water partition coefficient (Wildman–Crippen LogP) is 0.339. The van der Waals surface area contributed by atoms with Crippen molar-refractivity contribution >= 4 is 22.2 Å². The molecule has 3 unspecified atom stereocenters. The number of hydrogen-bond donors (Lipinski definition) is 2. The highest BCUT2D eigenvalue weighted by atomic mass is 32.2. The van der Waals surface area contributed by atoms with E-state index in [9.17, 15) is 18.0 Å². The summed E-state index contributed by atoms with van der Waals surface area (Å²) in [4.78, 5) is 18.6. The first-order valence-corrected chi connectivity index (χ1v) is 8.08. The first kappa shape index (κ1) is 19.5. The van der Waals surface area contributed by atoms with Crippen LogP contribution in [0.15, 0.2) is 29.1 Å². The maximum atomic E-state index is 12.3. The maximum Gasteiger partial charge on any atom is 0.449 e. The fourth-order valence-corrected chi connectivity index (χ4v) is 2.07. The third-order valence-corrected chi connectivity index (χ3v) is 3.23. The van der Waals surface area contributed by atoms with E-state index in [1.54, 1.807) is 11.1 Å². The lowest BCUT2D eigenvalue weighted by atomic mass is 10.2. The minimum Gasteiger partial charge on any atom is -0.760 e. The van der Waals surface area contributed by atoms with Crippen LogP contribution in [0, 0.1) is 0 Å². The van der Waals surface area contributed by atoms with Gasteiger partial charge in [0.15, 0.2) is 0 Å². The highest BCUT2D eigenvalue weighted by Gasteiger charge is 2.39. The third-order valence-electron chi connectivity index (χ3n) is 3.23. The van der Waals surface area contributed by atoms with Crippen molar-refractivity contribution in [3.63, 3.8) is 0 Å². The van der Waals surface area contributed by atoms with Gasteiger partial charge in [0.2, 0.25) is 5.82 Å². The van der Waals surface area contributed by atoms with E-state index >= 15 is 0 Å². The first-order valence-electron chi connectivity index (χ1n) is 6.94. The third kappa shape index (κ3) is 5.86. The Kier molecular flexibility index (Phi) is 6.24. The van der Waals surface area contributed by atoms with Crippen LogP contribution >= 0.6 is 0 Å². The van der Waals surface area contributed by atoms with Crippen molar-refractivity contribution < 1.29 is 26.7 Å². The molecule has 0 radical (unpaired) electrons. The number of para-hydroxylation sites is 1. The van der Waals surface area contributed by atoms with Gasteiger partial charge in [-0.1, -0.05) is 12.1 Å². The van der Waals surface area contributed by atoms with Gasteiger partial charge in [-0.3, -0.25) is 19.0 Å². The van der Waals surface area contributed by atoms with Gasteiger partial charge < -0.3 is 14.3 Å². The summed E-state index contributed by atoms with van der Waals surface area (Å²) in [7, 11) is 0. The molecule has 4 rings (SSSR count). The monoisotopic (exact) mass is 379 g/mol. The lowest BCUT2D eigenvalue weighted by molar-refractivity contribution is -0.144. The SMILES string of the molecule is C1CN2CC2O1.NS(=O)[O-].O=c1[nH]c(C(F)(F)F)nc2ccccc12. The van der Waals surface area contributed by atoms with Gasteiger partial charge in [-0.25, -0.2) is 4.98 Å². The highest BCUT2D eigenvalue weighted by molar-refractivity contribution is 7.76. The second kappa shape index (κ2) is 8.01. The van der Waals surface area contributed by atoms with Crippen LogP contribution in [-0.4, -0.2) is 49.6 Å². The molecule has 138 valence electrons. The molecule has 8 nitrogen and oxygen atoms in total. The quantitative estimate of drug-likeness (QED) is 0.502. The number of nitrogens with zero attached hydrogens (tertiary/aromatic N) is 2. The van der Waals surface area contributed by atoms with Crippen molar-refractivity contribution in [1.82, 2.24) is 14.9 Å². The second-order valence-electron chi connectivity index (χ2n) is 5.01. The molecule has 3 heterocycles.